The average Bonchev–Trinajstić information content (AvgIpc) is 2.57. The molecule has 2 N–H and O–H groups in total. The molecule has 0 bridgehead atoms. The molecular weight excluding hydrogens is 276 g/mol. The summed E-state index contributed by atoms with van der Waals surface area (Å²) in [7, 11) is 0. The number of anilines is 1. The number of benzene rings is 2. The minimum atomic E-state index is -0.446. The lowest BCUT2D eigenvalue weighted by atomic mass is 10.1. The fraction of sp³-hybridized carbons (Fsp3) is 0.333. The Morgan fingerprint density at radius 1 is 0.864 bits per heavy atom. The van der Waals surface area contributed by atoms with Gasteiger partial charge in [-0.1, -0.05) is 42.5 Å². The zero-order valence-corrected chi connectivity index (χ0v) is 12.6. The van der Waals surface area contributed by atoms with Gasteiger partial charge in [-0.15, -0.1) is 0 Å². The van der Waals surface area contributed by atoms with E-state index in [1.54, 1.807) is 6.07 Å². The summed E-state index contributed by atoms with van der Waals surface area (Å²) in [6.07, 6.45) is -0.446. The van der Waals surface area contributed by atoms with Crippen molar-refractivity contribution in [2.75, 3.05) is 37.6 Å². The Morgan fingerprint density at radius 3 is 2.18 bits per heavy atom. The van der Waals surface area contributed by atoms with Crippen molar-refractivity contribution >= 4 is 5.69 Å². The van der Waals surface area contributed by atoms with Crippen molar-refractivity contribution in [1.82, 2.24) is 4.90 Å². The Labute approximate surface area is 131 Å². The first-order chi connectivity index (χ1) is 10.7. The predicted octanol–water partition coefficient (Wildman–Crippen LogP) is 2.25. The van der Waals surface area contributed by atoms with Crippen molar-refractivity contribution in [3.05, 3.63) is 60.2 Å². The summed E-state index contributed by atoms with van der Waals surface area (Å²) >= 11 is 0. The second kappa shape index (κ2) is 6.81. The Hall–Kier alpha value is -2.04. The van der Waals surface area contributed by atoms with Crippen molar-refractivity contribution in [3.63, 3.8) is 0 Å². The van der Waals surface area contributed by atoms with Crippen molar-refractivity contribution in [2.45, 2.75) is 6.10 Å². The van der Waals surface area contributed by atoms with E-state index in [-0.39, 0.29) is 0 Å². The normalized spacial score (nSPS) is 17.4. The minimum Gasteiger partial charge on any atom is -0.506 e. The summed E-state index contributed by atoms with van der Waals surface area (Å²) in [5.74, 6) is 0.334. The molecule has 0 unspecified atom stereocenters. The summed E-state index contributed by atoms with van der Waals surface area (Å²) in [4.78, 5) is 4.47. The molecule has 1 fully saturated rings. The van der Waals surface area contributed by atoms with E-state index in [4.69, 9.17) is 0 Å². The molecule has 4 heteroatoms. The predicted molar refractivity (Wildman–Crippen MR) is 88.2 cm³/mol. The number of phenols is 1. The summed E-state index contributed by atoms with van der Waals surface area (Å²) in [5, 5.41) is 20.2. The van der Waals surface area contributed by atoms with E-state index in [0.29, 0.717) is 12.3 Å². The van der Waals surface area contributed by atoms with Crippen LogP contribution in [-0.2, 0) is 0 Å². The van der Waals surface area contributed by atoms with E-state index in [0.717, 1.165) is 37.4 Å². The second-order valence-electron chi connectivity index (χ2n) is 5.70. The smallest absolute Gasteiger partial charge is 0.138 e. The van der Waals surface area contributed by atoms with Gasteiger partial charge >= 0.3 is 0 Å². The highest BCUT2D eigenvalue weighted by Crippen LogP contribution is 2.27. The molecule has 1 aliphatic rings. The number of aromatic hydroxyl groups is 1. The van der Waals surface area contributed by atoms with E-state index in [9.17, 15) is 10.2 Å². The molecule has 4 nitrogen and oxygen atoms in total. The van der Waals surface area contributed by atoms with E-state index < -0.39 is 6.10 Å². The monoisotopic (exact) mass is 298 g/mol. The van der Waals surface area contributed by atoms with Crippen LogP contribution in [0.15, 0.2) is 54.6 Å². The van der Waals surface area contributed by atoms with Gasteiger partial charge in [0, 0.05) is 32.7 Å². The van der Waals surface area contributed by atoms with Crippen molar-refractivity contribution < 1.29 is 10.2 Å². The second-order valence-corrected chi connectivity index (χ2v) is 5.70. The van der Waals surface area contributed by atoms with Gasteiger partial charge in [-0.05, 0) is 17.7 Å². The molecule has 0 aromatic heterocycles. The zero-order chi connectivity index (χ0) is 15.4. The molecule has 3 rings (SSSR count). The molecular formula is C18H22N2O2. The summed E-state index contributed by atoms with van der Waals surface area (Å²) in [6, 6.07) is 17.2. The first kappa shape index (κ1) is 14.9. The van der Waals surface area contributed by atoms with Gasteiger partial charge < -0.3 is 15.1 Å². The molecule has 2 aromatic carbocycles. The molecule has 0 saturated carbocycles. The maximum absolute atomic E-state index is 10.3. The number of nitrogens with zero attached hydrogens (tertiary/aromatic N) is 2. The van der Waals surface area contributed by atoms with Gasteiger partial charge in [-0.2, -0.15) is 0 Å². The van der Waals surface area contributed by atoms with E-state index in [2.05, 4.69) is 9.80 Å². The van der Waals surface area contributed by atoms with Crippen LogP contribution in [0.1, 0.15) is 11.7 Å². The Morgan fingerprint density at radius 2 is 1.50 bits per heavy atom. The molecule has 1 saturated heterocycles. The Bertz CT molecular complexity index is 595. The van der Waals surface area contributed by atoms with Crippen LogP contribution in [0.25, 0.3) is 0 Å². The van der Waals surface area contributed by atoms with E-state index in [1.165, 1.54) is 0 Å². The Balaban J connectivity index is 1.55. The van der Waals surface area contributed by atoms with Gasteiger partial charge in [0.2, 0.25) is 0 Å². The summed E-state index contributed by atoms with van der Waals surface area (Å²) in [5.41, 5.74) is 1.86. The molecule has 1 atom stereocenters. The summed E-state index contributed by atoms with van der Waals surface area (Å²) in [6.45, 7) is 4.15. The third-order valence-electron chi connectivity index (χ3n) is 4.21. The number of hydrogen-bond acceptors (Lipinski definition) is 4. The SMILES string of the molecule is Oc1ccccc1N1CCN(C[C@H](O)c2ccccc2)CC1. The lowest BCUT2D eigenvalue weighted by molar-refractivity contribution is 0.109. The number of β-amino-alcohol motifs (C(OH)–C–C–N with tert-alkyl or cyclic N) is 1. The van der Waals surface area contributed by atoms with Crippen LogP contribution in [0.2, 0.25) is 0 Å². The molecule has 0 radical (unpaired) electrons. The standard InChI is InChI=1S/C18H22N2O2/c21-17-9-5-4-8-16(17)20-12-10-19(11-13-20)14-18(22)15-6-2-1-3-7-15/h1-9,18,21-22H,10-14H2/t18-/m0/s1. The van der Waals surface area contributed by atoms with Crippen molar-refractivity contribution in [3.8, 4) is 5.75 Å². The number of rotatable bonds is 4. The maximum Gasteiger partial charge on any atom is 0.138 e. The molecule has 1 heterocycles. The number of piperazine rings is 1. The van der Waals surface area contributed by atoms with Gasteiger partial charge in [0.15, 0.2) is 0 Å². The molecule has 0 amide bonds. The van der Waals surface area contributed by atoms with Crippen LogP contribution >= 0.6 is 0 Å². The van der Waals surface area contributed by atoms with Crippen LogP contribution < -0.4 is 4.90 Å². The van der Waals surface area contributed by atoms with Crippen LogP contribution in [0.4, 0.5) is 5.69 Å². The van der Waals surface area contributed by atoms with Gasteiger partial charge in [0.25, 0.3) is 0 Å². The fourth-order valence-electron chi connectivity index (χ4n) is 2.93. The van der Waals surface area contributed by atoms with Crippen LogP contribution in [0, 0.1) is 0 Å². The highest BCUT2D eigenvalue weighted by molar-refractivity contribution is 5.57. The van der Waals surface area contributed by atoms with Gasteiger partial charge in [0.05, 0.1) is 11.8 Å². The summed E-state index contributed by atoms with van der Waals surface area (Å²) < 4.78 is 0. The molecule has 0 aliphatic carbocycles. The van der Waals surface area contributed by atoms with Crippen molar-refractivity contribution in [1.29, 1.82) is 0 Å². The quantitative estimate of drug-likeness (QED) is 0.909. The lowest BCUT2D eigenvalue weighted by Gasteiger charge is -2.37. The largest absolute Gasteiger partial charge is 0.506 e. The molecule has 0 spiro atoms. The van der Waals surface area contributed by atoms with E-state index in [1.807, 2.05) is 48.5 Å². The highest BCUT2D eigenvalue weighted by atomic mass is 16.3. The topological polar surface area (TPSA) is 46.9 Å². The first-order valence-corrected chi connectivity index (χ1v) is 7.72. The van der Waals surface area contributed by atoms with Gasteiger partial charge in [-0.3, -0.25) is 4.90 Å². The highest BCUT2D eigenvalue weighted by Gasteiger charge is 2.21. The molecule has 2 aromatic rings. The van der Waals surface area contributed by atoms with E-state index >= 15 is 0 Å². The fourth-order valence-corrected chi connectivity index (χ4v) is 2.93. The average molecular weight is 298 g/mol. The Kier molecular flexibility index (Phi) is 4.61. The number of hydrogen-bond donors (Lipinski definition) is 2. The van der Waals surface area contributed by atoms with Crippen molar-refractivity contribution in [2.24, 2.45) is 0 Å². The zero-order valence-electron chi connectivity index (χ0n) is 12.6. The van der Waals surface area contributed by atoms with Crippen LogP contribution in [-0.4, -0.2) is 47.8 Å². The van der Waals surface area contributed by atoms with Crippen LogP contribution in [0.3, 0.4) is 0 Å². The third kappa shape index (κ3) is 3.40. The third-order valence-corrected chi connectivity index (χ3v) is 4.21. The number of aliphatic hydroxyl groups is 1. The number of para-hydroxylation sites is 2. The first-order valence-electron chi connectivity index (χ1n) is 7.72. The van der Waals surface area contributed by atoms with Crippen LogP contribution in [0.5, 0.6) is 5.75 Å². The number of phenolic OH excluding ortho intramolecular Hbond substituents is 1. The molecule has 116 valence electrons. The lowest BCUT2D eigenvalue weighted by Crippen LogP contribution is -2.47. The maximum atomic E-state index is 10.3. The molecule has 22 heavy (non-hydrogen) atoms. The van der Waals surface area contributed by atoms with Gasteiger partial charge in [0.1, 0.15) is 5.75 Å². The minimum absolute atomic E-state index is 0.334. The number of aliphatic hydroxyl groups excluding tert-OH is 1. The molecule has 1 aliphatic heterocycles. The van der Waals surface area contributed by atoms with Gasteiger partial charge in [-0.25, -0.2) is 0 Å².